The number of rotatable bonds is 4. The molecule has 2 rings (SSSR count). The van der Waals surface area contributed by atoms with E-state index in [0.29, 0.717) is 24.0 Å². The molecule has 16 heavy (non-hydrogen) atoms. The number of fused-ring (bicyclic) bond motifs is 2. The van der Waals surface area contributed by atoms with E-state index in [9.17, 15) is 4.79 Å². The van der Waals surface area contributed by atoms with Gasteiger partial charge in [-0.05, 0) is 13.0 Å². The molecule has 0 aromatic heterocycles. The molecule has 0 fully saturated rings. The normalized spacial score (nSPS) is 30.4. The van der Waals surface area contributed by atoms with Crippen LogP contribution in [-0.2, 0) is 14.3 Å². The third kappa shape index (κ3) is 1.83. The SMILES string of the molecule is C=C(C)C(=O)OC1=CC2C=CC1C2COC. The third-order valence-electron chi connectivity index (χ3n) is 3.10. The fourth-order valence-electron chi connectivity index (χ4n) is 2.26. The highest BCUT2D eigenvalue weighted by Gasteiger charge is 2.40. The maximum Gasteiger partial charge on any atom is 0.338 e. The Bertz CT molecular complexity index is 379. The Balaban J connectivity index is 2.02. The fourth-order valence-corrected chi connectivity index (χ4v) is 2.26. The highest BCUT2D eigenvalue weighted by atomic mass is 16.5. The molecule has 86 valence electrons. The lowest BCUT2D eigenvalue weighted by molar-refractivity contribution is -0.135. The lowest BCUT2D eigenvalue weighted by Gasteiger charge is -2.16. The van der Waals surface area contributed by atoms with Gasteiger partial charge in [-0.2, -0.15) is 0 Å². The predicted octanol–water partition coefficient (Wildman–Crippen LogP) is 2.07. The molecule has 3 atom stereocenters. The molecule has 0 aromatic carbocycles. The van der Waals surface area contributed by atoms with E-state index in [0.717, 1.165) is 5.76 Å². The molecular weight excluding hydrogens is 204 g/mol. The summed E-state index contributed by atoms with van der Waals surface area (Å²) in [6.45, 7) is 5.91. The highest BCUT2D eigenvalue weighted by molar-refractivity contribution is 5.87. The first kappa shape index (κ1) is 11.1. The first-order valence-electron chi connectivity index (χ1n) is 5.40. The molecule has 0 saturated carbocycles. The quantitative estimate of drug-likeness (QED) is 0.413. The Labute approximate surface area is 95.4 Å². The molecule has 0 N–H and O–H groups in total. The molecule has 0 saturated heterocycles. The van der Waals surface area contributed by atoms with E-state index < -0.39 is 0 Å². The van der Waals surface area contributed by atoms with Gasteiger partial charge in [0, 0.05) is 30.4 Å². The van der Waals surface area contributed by atoms with Gasteiger partial charge in [0.1, 0.15) is 5.76 Å². The summed E-state index contributed by atoms with van der Waals surface area (Å²) in [5, 5.41) is 0. The van der Waals surface area contributed by atoms with E-state index >= 15 is 0 Å². The van der Waals surface area contributed by atoms with E-state index in [2.05, 4.69) is 18.7 Å². The Hall–Kier alpha value is -1.35. The number of carbonyl (C=O) groups is 1. The maximum absolute atomic E-state index is 11.4. The summed E-state index contributed by atoms with van der Waals surface area (Å²) in [6, 6.07) is 0. The number of hydrogen-bond acceptors (Lipinski definition) is 3. The topological polar surface area (TPSA) is 35.5 Å². The minimum atomic E-state index is -0.344. The van der Waals surface area contributed by atoms with Gasteiger partial charge in [0.05, 0.1) is 6.61 Å². The second-order valence-corrected chi connectivity index (χ2v) is 4.35. The summed E-state index contributed by atoms with van der Waals surface area (Å²) in [7, 11) is 1.69. The Morgan fingerprint density at radius 1 is 1.50 bits per heavy atom. The average molecular weight is 220 g/mol. The minimum absolute atomic E-state index is 0.188. The lowest BCUT2D eigenvalue weighted by atomic mass is 9.96. The molecule has 2 aliphatic rings. The molecule has 0 amide bonds. The number of carbonyl (C=O) groups excluding carboxylic acids is 1. The van der Waals surface area contributed by atoms with Crippen LogP contribution in [0.1, 0.15) is 6.92 Å². The van der Waals surface area contributed by atoms with Crippen molar-refractivity contribution in [1.29, 1.82) is 0 Å². The van der Waals surface area contributed by atoms with E-state index in [1.54, 1.807) is 14.0 Å². The molecule has 2 aliphatic carbocycles. The van der Waals surface area contributed by atoms with Crippen LogP contribution in [0.5, 0.6) is 0 Å². The molecule has 0 aromatic rings. The zero-order valence-corrected chi connectivity index (χ0v) is 9.60. The molecular formula is C13H16O3. The fraction of sp³-hybridized carbons (Fsp3) is 0.462. The van der Waals surface area contributed by atoms with Crippen molar-refractivity contribution in [1.82, 2.24) is 0 Å². The van der Waals surface area contributed by atoms with Gasteiger partial charge < -0.3 is 9.47 Å². The molecule has 3 unspecified atom stereocenters. The van der Waals surface area contributed by atoms with Crippen LogP contribution >= 0.6 is 0 Å². The van der Waals surface area contributed by atoms with Gasteiger partial charge in [-0.3, -0.25) is 0 Å². The Morgan fingerprint density at radius 3 is 2.88 bits per heavy atom. The second kappa shape index (κ2) is 4.26. The highest BCUT2D eigenvalue weighted by Crippen LogP contribution is 2.44. The standard InChI is InChI=1S/C13H16O3/c1-8(2)13(14)16-12-6-9-4-5-10(12)11(9)7-15-3/h4-6,9-11H,1,7H2,2-3H3. The van der Waals surface area contributed by atoms with Gasteiger partial charge in [-0.25, -0.2) is 4.79 Å². The average Bonchev–Trinajstić information content (AvgIpc) is 2.75. The van der Waals surface area contributed by atoms with Gasteiger partial charge in [-0.1, -0.05) is 18.7 Å². The van der Waals surface area contributed by atoms with Crippen LogP contribution in [0.4, 0.5) is 0 Å². The number of hydrogen-bond donors (Lipinski definition) is 0. The van der Waals surface area contributed by atoms with Crippen molar-refractivity contribution in [2.24, 2.45) is 17.8 Å². The summed E-state index contributed by atoms with van der Waals surface area (Å²) >= 11 is 0. The Kier molecular flexibility index (Phi) is 2.97. The van der Waals surface area contributed by atoms with Crippen molar-refractivity contribution < 1.29 is 14.3 Å². The van der Waals surface area contributed by atoms with E-state index in [-0.39, 0.29) is 11.9 Å². The first-order chi connectivity index (χ1) is 7.63. The molecule has 0 radical (unpaired) electrons. The monoisotopic (exact) mass is 220 g/mol. The number of ether oxygens (including phenoxy) is 2. The van der Waals surface area contributed by atoms with Crippen molar-refractivity contribution in [2.45, 2.75) is 6.92 Å². The lowest BCUT2D eigenvalue weighted by Crippen LogP contribution is -2.17. The molecule has 0 aliphatic heterocycles. The molecule has 0 spiro atoms. The third-order valence-corrected chi connectivity index (χ3v) is 3.10. The van der Waals surface area contributed by atoms with Crippen LogP contribution in [0.3, 0.4) is 0 Å². The number of allylic oxidation sites excluding steroid dienone is 3. The summed E-state index contributed by atoms with van der Waals surface area (Å²) < 4.78 is 10.5. The van der Waals surface area contributed by atoms with Crippen molar-refractivity contribution in [3.63, 3.8) is 0 Å². The number of methoxy groups -OCH3 is 1. The van der Waals surface area contributed by atoms with E-state index in [1.165, 1.54) is 0 Å². The Morgan fingerprint density at radius 2 is 2.25 bits per heavy atom. The summed E-state index contributed by atoms with van der Waals surface area (Å²) in [5.41, 5.74) is 0.427. The van der Waals surface area contributed by atoms with Crippen molar-refractivity contribution >= 4 is 5.97 Å². The van der Waals surface area contributed by atoms with E-state index in [4.69, 9.17) is 9.47 Å². The zero-order chi connectivity index (χ0) is 11.7. The summed E-state index contributed by atoms with van der Waals surface area (Å²) in [5.74, 6) is 1.33. The maximum atomic E-state index is 11.4. The number of esters is 1. The van der Waals surface area contributed by atoms with Crippen LogP contribution in [-0.4, -0.2) is 19.7 Å². The molecule has 3 nitrogen and oxygen atoms in total. The van der Waals surface area contributed by atoms with Crippen molar-refractivity contribution in [2.75, 3.05) is 13.7 Å². The van der Waals surface area contributed by atoms with Crippen molar-refractivity contribution in [3.05, 3.63) is 36.1 Å². The largest absolute Gasteiger partial charge is 0.427 e. The van der Waals surface area contributed by atoms with Gasteiger partial charge in [0.2, 0.25) is 0 Å². The minimum Gasteiger partial charge on any atom is -0.427 e. The summed E-state index contributed by atoms with van der Waals surface area (Å²) in [4.78, 5) is 11.4. The van der Waals surface area contributed by atoms with Crippen LogP contribution < -0.4 is 0 Å². The van der Waals surface area contributed by atoms with Gasteiger partial charge in [0.25, 0.3) is 0 Å². The molecule has 2 bridgehead atoms. The zero-order valence-electron chi connectivity index (χ0n) is 9.60. The van der Waals surface area contributed by atoms with Crippen molar-refractivity contribution in [3.8, 4) is 0 Å². The second-order valence-electron chi connectivity index (χ2n) is 4.35. The molecule has 3 heteroatoms. The van der Waals surface area contributed by atoms with Crippen LogP contribution in [0.2, 0.25) is 0 Å². The van der Waals surface area contributed by atoms with E-state index in [1.807, 2.05) is 6.08 Å². The van der Waals surface area contributed by atoms with Crippen LogP contribution in [0, 0.1) is 17.8 Å². The van der Waals surface area contributed by atoms with Gasteiger partial charge in [0.15, 0.2) is 0 Å². The van der Waals surface area contributed by atoms with Gasteiger partial charge >= 0.3 is 5.97 Å². The predicted molar refractivity (Wildman–Crippen MR) is 60.5 cm³/mol. The first-order valence-corrected chi connectivity index (χ1v) is 5.40. The summed E-state index contributed by atoms with van der Waals surface area (Å²) in [6.07, 6.45) is 6.25. The van der Waals surface area contributed by atoms with Gasteiger partial charge in [-0.15, -0.1) is 0 Å². The van der Waals surface area contributed by atoms with Crippen LogP contribution in [0.15, 0.2) is 36.1 Å². The van der Waals surface area contributed by atoms with Crippen LogP contribution in [0.25, 0.3) is 0 Å². The smallest absolute Gasteiger partial charge is 0.338 e. The molecule has 0 heterocycles.